The third-order valence-corrected chi connectivity index (χ3v) is 3.75. The van der Waals surface area contributed by atoms with Crippen LogP contribution in [0.3, 0.4) is 0 Å². The molecule has 0 fully saturated rings. The zero-order chi connectivity index (χ0) is 17.8. The highest BCUT2D eigenvalue weighted by molar-refractivity contribution is 8.19. The van der Waals surface area contributed by atoms with Gasteiger partial charge in [0.1, 0.15) is 21.8 Å². The van der Waals surface area contributed by atoms with E-state index in [-0.39, 0.29) is 0 Å². The molecule has 0 radical (unpaired) electrons. The first-order valence-electron chi connectivity index (χ1n) is 7.19. The molecule has 0 aromatic carbocycles. The number of nitrogens with zero attached hydrogens (tertiary/aromatic N) is 1. The molecule has 0 spiro atoms. The number of nitrogens with one attached hydrogen (secondary N) is 1. The van der Waals surface area contributed by atoms with Crippen molar-refractivity contribution in [3.05, 3.63) is 33.7 Å². The normalized spacial score (nSPS) is 17.7. The van der Waals surface area contributed by atoms with Crippen LogP contribution in [0.1, 0.15) is 41.5 Å². The number of carbonyl (C=O) groups excluding carboxylic acids is 1. The van der Waals surface area contributed by atoms with Gasteiger partial charge in [0.25, 0.3) is 0 Å². The molecule has 3 N–H and O–H groups in total. The van der Waals surface area contributed by atoms with E-state index in [9.17, 15) is 4.79 Å². The van der Waals surface area contributed by atoms with Crippen LogP contribution >= 0.6 is 11.8 Å². The third kappa shape index (κ3) is 5.14. The minimum atomic E-state index is -0.582. The van der Waals surface area contributed by atoms with Crippen molar-refractivity contribution >= 4 is 22.8 Å². The monoisotopic (exact) mass is 339 g/mol. The second-order valence-electron chi connectivity index (χ2n) is 6.24. The molecule has 0 aromatic heterocycles. The lowest BCUT2D eigenvalue weighted by Crippen LogP contribution is -2.28. The average Bonchev–Trinajstić information content (AvgIpc) is 2.75. The molecule has 7 heteroatoms. The summed E-state index contributed by atoms with van der Waals surface area (Å²) in [5.74, 6) is 5.22. The first kappa shape index (κ1) is 19.3. The van der Waals surface area contributed by atoms with Crippen molar-refractivity contribution in [2.45, 2.75) is 47.1 Å². The first-order chi connectivity index (χ1) is 10.6. The Hall–Kier alpha value is -1.73. The zero-order valence-corrected chi connectivity index (χ0v) is 15.6. The topological polar surface area (TPSA) is 85.9 Å². The zero-order valence-electron chi connectivity index (χ0n) is 14.7. The smallest absolute Gasteiger partial charge is 0.347 e. The predicted molar refractivity (Wildman–Crippen MR) is 94.4 cm³/mol. The van der Waals surface area contributed by atoms with Crippen molar-refractivity contribution in [1.82, 2.24) is 5.43 Å². The van der Waals surface area contributed by atoms with Crippen LogP contribution in [0.2, 0.25) is 0 Å². The number of carbonyl (C=O) groups is 1. The van der Waals surface area contributed by atoms with Crippen molar-refractivity contribution in [2.24, 2.45) is 10.8 Å². The van der Waals surface area contributed by atoms with E-state index in [0.717, 1.165) is 11.1 Å². The Kier molecular flexibility index (Phi) is 6.47. The molecular weight excluding hydrogens is 314 g/mol. The molecule has 0 aromatic rings. The standard InChI is InChI=1S/C16H25N3O3S/c1-9(2)11-12(19-17)13(15(20)22-16(4,5)6)23-14(11)18-10(3)8-21-7/h8,19H,17H2,1-7H3/b10-8+,18-14?. The summed E-state index contributed by atoms with van der Waals surface area (Å²) in [6.45, 7) is 11.2. The predicted octanol–water partition coefficient (Wildman–Crippen LogP) is 2.99. The van der Waals surface area contributed by atoms with Crippen molar-refractivity contribution in [2.75, 3.05) is 7.11 Å². The second kappa shape index (κ2) is 7.70. The minimum Gasteiger partial charge on any atom is -0.502 e. The molecule has 0 aliphatic carbocycles. The van der Waals surface area contributed by atoms with Gasteiger partial charge in [0, 0.05) is 5.57 Å². The Morgan fingerprint density at radius 3 is 2.35 bits per heavy atom. The Morgan fingerprint density at radius 1 is 1.30 bits per heavy atom. The molecule has 6 nitrogen and oxygen atoms in total. The van der Waals surface area contributed by atoms with Crippen LogP contribution in [0.25, 0.3) is 0 Å². The van der Waals surface area contributed by atoms with E-state index in [1.54, 1.807) is 7.11 Å². The van der Waals surface area contributed by atoms with E-state index in [0.29, 0.717) is 21.3 Å². The summed E-state index contributed by atoms with van der Waals surface area (Å²) in [5, 5.41) is 0.685. The highest BCUT2D eigenvalue weighted by Gasteiger charge is 2.34. The van der Waals surface area contributed by atoms with Crippen molar-refractivity contribution in [3.8, 4) is 0 Å². The fourth-order valence-electron chi connectivity index (χ4n) is 1.92. The lowest BCUT2D eigenvalue weighted by molar-refractivity contribution is -0.148. The largest absolute Gasteiger partial charge is 0.502 e. The van der Waals surface area contributed by atoms with Gasteiger partial charge in [-0.05, 0) is 41.5 Å². The molecule has 1 aliphatic rings. The van der Waals surface area contributed by atoms with Crippen molar-refractivity contribution in [1.29, 1.82) is 0 Å². The third-order valence-electron chi connectivity index (χ3n) is 2.68. The molecule has 23 heavy (non-hydrogen) atoms. The minimum absolute atomic E-state index is 0.405. The Labute approximate surface area is 141 Å². The van der Waals surface area contributed by atoms with Crippen LogP contribution < -0.4 is 11.3 Å². The summed E-state index contributed by atoms with van der Waals surface area (Å²) < 4.78 is 10.4. The Bertz CT molecular complexity index is 607. The number of hydrogen-bond acceptors (Lipinski definition) is 7. The van der Waals surface area contributed by atoms with Gasteiger partial charge in [-0.15, -0.1) is 0 Å². The van der Waals surface area contributed by atoms with Crippen LogP contribution in [-0.4, -0.2) is 23.7 Å². The van der Waals surface area contributed by atoms with Crippen LogP contribution in [0, 0.1) is 0 Å². The summed E-state index contributed by atoms with van der Waals surface area (Å²) in [6, 6.07) is 0. The number of hydrazine groups is 1. The highest BCUT2D eigenvalue weighted by Crippen LogP contribution is 2.39. The number of aliphatic imine (C=N–C) groups is 1. The first-order valence-corrected chi connectivity index (χ1v) is 8.01. The van der Waals surface area contributed by atoms with Gasteiger partial charge in [-0.3, -0.25) is 5.84 Å². The van der Waals surface area contributed by atoms with Gasteiger partial charge >= 0.3 is 5.97 Å². The van der Waals surface area contributed by atoms with E-state index >= 15 is 0 Å². The number of thioether (sulfide) groups is 1. The molecular formula is C16H25N3O3S. The Morgan fingerprint density at radius 2 is 1.91 bits per heavy atom. The molecule has 0 saturated carbocycles. The number of methoxy groups -OCH3 is 1. The molecule has 128 valence electrons. The van der Waals surface area contributed by atoms with E-state index in [1.165, 1.54) is 18.0 Å². The van der Waals surface area contributed by atoms with Gasteiger partial charge < -0.3 is 14.9 Å². The number of esters is 1. The van der Waals surface area contributed by atoms with Gasteiger partial charge in [0.05, 0.1) is 18.5 Å². The van der Waals surface area contributed by atoms with Crippen LogP contribution in [-0.2, 0) is 14.3 Å². The fraction of sp³-hybridized carbons (Fsp3) is 0.500. The molecule has 0 bridgehead atoms. The number of allylic oxidation sites excluding steroid dienone is 3. The highest BCUT2D eigenvalue weighted by atomic mass is 32.2. The number of ether oxygens (including phenoxy) is 2. The van der Waals surface area contributed by atoms with Crippen molar-refractivity contribution in [3.63, 3.8) is 0 Å². The van der Waals surface area contributed by atoms with Crippen LogP contribution in [0.15, 0.2) is 38.7 Å². The summed E-state index contributed by atoms with van der Waals surface area (Å²) in [4.78, 5) is 17.4. The van der Waals surface area contributed by atoms with Crippen LogP contribution in [0.5, 0.6) is 0 Å². The number of nitrogens with two attached hydrogens (primary N) is 1. The SMILES string of the molecule is CO/C=C(\C)N=C1SC(C(=O)OC(C)(C)C)=C(NN)C1=C(C)C. The lowest BCUT2D eigenvalue weighted by Gasteiger charge is -2.19. The number of rotatable bonds is 4. The average molecular weight is 339 g/mol. The maximum Gasteiger partial charge on any atom is 0.347 e. The van der Waals surface area contributed by atoms with Crippen molar-refractivity contribution < 1.29 is 14.3 Å². The van der Waals surface area contributed by atoms with E-state index in [1.807, 2.05) is 41.5 Å². The second-order valence-corrected chi connectivity index (χ2v) is 7.24. The molecule has 0 amide bonds. The van der Waals surface area contributed by atoms with Crippen LogP contribution in [0.4, 0.5) is 0 Å². The Balaban J connectivity index is 3.32. The lowest BCUT2D eigenvalue weighted by atomic mass is 10.1. The molecule has 0 atom stereocenters. The number of hydrogen-bond donors (Lipinski definition) is 2. The van der Waals surface area contributed by atoms with Gasteiger partial charge in [-0.2, -0.15) is 0 Å². The van der Waals surface area contributed by atoms with E-state index in [4.69, 9.17) is 15.3 Å². The summed E-state index contributed by atoms with van der Waals surface area (Å²) >= 11 is 1.24. The molecule has 1 aliphatic heterocycles. The summed E-state index contributed by atoms with van der Waals surface area (Å²) in [6.07, 6.45) is 1.54. The quantitative estimate of drug-likeness (QED) is 0.354. The van der Waals surface area contributed by atoms with Gasteiger partial charge in [-0.25, -0.2) is 9.79 Å². The van der Waals surface area contributed by atoms with Gasteiger partial charge in [-0.1, -0.05) is 17.3 Å². The van der Waals surface area contributed by atoms with E-state index < -0.39 is 11.6 Å². The van der Waals surface area contributed by atoms with Gasteiger partial charge in [0.15, 0.2) is 0 Å². The molecule has 0 unspecified atom stereocenters. The maximum absolute atomic E-state index is 12.4. The summed E-state index contributed by atoms with van der Waals surface area (Å²) in [7, 11) is 1.56. The maximum atomic E-state index is 12.4. The molecule has 1 heterocycles. The van der Waals surface area contributed by atoms with Gasteiger partial charge in [0.2, 0.25) is 0 Å². The molecule has 1 rings (SSSR count). The molecule has 0 saturated heterocycles. The van der Waals surface area contributed by atoms with E-state index in [2.05, 4.69) is 10.4 Å². The fourth-order valence-corrected chi connectivity index (χ4v) is 3.10. The summed E-state index contributed by atoms with van der Waals surface area (Å²) in [5.41, 5.74) is 5.06.